The van der Waals surface area contributed by atoms with E-state index in [-0.39, 0.29) is 11.8 Å². The van der Waals surface area contributed by atoms with Crippen molar-refractivity contribution in [3.63, 3.8) is 0 Å². The van der Waals surface area contributed by atoms with Gasteiger partial charge in [-0.05, 0) is 67.9 Å². The van der Waals surface area contributed by atoms with Crippen LogP contribution in [0.15, 0.2) is 54.6 Å². The van der Waals surface area contributed by atoms with Gasteiger partial charge in [-0.15, -0.1) is 0 Å². The van der Waals surface area contributed by atoms with Gasteiger partial charge < -0.3 is 10.2 Å². The second kappa shape index (κ2) is 7.30. The van der Waals surface area contributed by atoms with Crippen LogP contribution in [0, 0.1) is 11.8 Å². The van der Waals surface area contributed by atoms with E-state index in [4.69, 9.17) is 0 Å². The highest BCUT2D eigenvalue weighted by molar-refractivity contribution is 5.94. The van der Waals surface area contributed by atoms with Crippen molar-refractivity contribution < 1.29 is 4.79 Å². The predicted molar refractivity (Wildman–Crippen MR) is 103 cm³/mol. The molecule has 2 fully saturated rings. The van der Waals surface area contributed by atoms with E-state index in [0.29, 0.717) is 0 Å². The first-order valence-corrected chi connectivity index (χ1v) is 9.48. The molecule has 2 aromatic rings. The van der Waals surface area contributed by atoms with E-state index in [1.807, 2.05) is 12.1 Å². The summed E-state index contributed by atoms with van der Waals surface area (Å²) in [5.74, 6) is 1.22. The lowest BCUT2D eigenvalue weighted by Crippen LogP contribution is -2.34. The van der Waals surface area contributed by atoms with E-state index >= 15 is 0 Å². The molecule has 1 heterocycles. The fourth-order valence-electron chi connectivity index (χ4n) is 3.69. The first kappa shape index (κ1) is 16.2. The van der Waals surface area contributed by atoms with Gasteiger partial charge in [-0.1, -0.05) is 30.3 Å². The topological polar surface area (TPSA) is 32.3 Å². The molecule has 2 aliphatic rings. The maximum Gasteiger partial charge on any atom is 0.227 e. The number of anilines is 2. The van der Waals surface area contributed by atoms with Crippen molar-refractivity contribution in [2.24, 2.45) is 11.8 Å². The van der Waals surface area contributed by atoms with Crippen molar-refractivity contribution >= 4 is 17.3 Å². The minimum Gasteiger partial charge on any atom is -0.372 e. The van der Waals surface area contributed by atoms with Gasteiger partial charge in [0, 0.05) is 30.4 Å². The third-order valence-corrected chi connectivity index (χ3v) is 5.43. The molecule has 0 aromatic heterocycles. The molecule has 4 rings (SSSR count). The highest BCUT2D eigenvalue weighted by Crippen LogP contribution is 2.31. The smallest absolute Gasteiger partial charge is 0.227 e. The third kappa shape index (κ3) is 4.22. The average molecular weight is 334 g/mol. The number of carbonyl (C=O) groups excluding carboxylic acids is 1. The number of carbonyl (C=O) groups is 1. The summed E-state index contributed by atoms with van der Waals surface area (Å²) in [5, 5.41) is 3.01. The highest BCUT2D eigenvalue weighted by atomic mass is 16.2. The molecule has 1 saturated heterocycles. The molecule has 0 unspecified atom stereocenters. The highest BCUT2D eigenvalue weighted by Gasteiger charge is 2.29. The van der Waals surface area contributed by atoms with Gasteiger partial charge in [-0.3, -0.25) is 4.79 Å². The van der Waals surface area contributed by atoms with Crippen LogP contribution < -0.4 is 10.2 Å². The van der Waals surface area contributed by atoms with Gasteiger partial charge in [0.1, 0.15) is 0 Å². The Morgan fingerprint density at radius 1 is 0.920 bits per heavy atom. The Balaban J connectivity index is 1.29. The van der Waals surface area contributed by atoms with E-state index < -0.39 is 0 Å². The summed E-state index contributed by atoms with van der Waals surface area (Å²) in [5.41, 5.74) is 3.64. The van der Waals surface area contributed by atoms with E-state index in [2.05, 4.69) is 52.7 Å². The van der Waals surface area contributed by atoms with Crippen LogP contribution in [-0.4, -0.2) is 19.0 Å². The molecule has 1 amide bonds. The molecule has 3 nitrogen and oxygen atoms in total. The predicted octanol–water partition coefficient (Wildman–Crippen LogP) is 4.49. The van der Waals surface area contributed by atoms with Crippen molar-refractivity contribution in [2.75, 3.05) is 23.3 Å². The summed E-state index contributed by atoms with van der Waals surface area (Å²) in [7, 11) is 0. The van der Waals surface area contributed by atoms with E-state index in [1.54, 1.807) is 0 Å². The standard InChI is InChI=1S/C22H26N2O/c25-22(19-6-7-19)23-20-8-10-21(11-9-20)24-14-12-18(13-15-24)16-17-4-2-1-3-5-17/h1-5,8-11,18-19H,6-7,12-16H2,(H,23,25). The largest absolute Gasteiger partial charge is 0.372 e. The minimum absolute atomic E-state index is 0.175. The zero-order valence-electron chi connectivity index (χ0n) is 14.7. The van der Waals surface area contributed by atoms with Crippen molar-refractivity contribution in [1.82, 2.24) is 0 Å². The molecule has 130 valence electrons. The van der Waals surface area contributed by atoms with Gasteiger partial charge in [0.15, 0.2) is 0 Å². The Morgan fingerprint density at radius 2 is 1.60 bits per heavy atom. The fourth-order valence-corrected chi connectivity index (χ4v) is 3.69. The Hall–Kier alpha value is -2.29. The normalized spacial score (nSPS) is 18.2. The minimum atomic E-state index is 0.175. The molecular formula is C22H26N2O. The molecule has 1 saturated carbocycles. The fraction of sp³-hybridized carbons (Fsp3) is 0.409. The first-order chi connectivity index (χ1) is 12.3. The SMILES string of the molecule is O=C(Nc1ccc(N2CCC(Cc3ccccc3)CC2)cc1)C1CC1. The Morgan fingerprint density at radius 3 is 2.24 bits per heavy atom. The summed E-state index contributed by atoms with van der Waals surface area (Å²) in [6.07, 6.45) is 5.77. The zero-order chi connectivity index (χ0) is 17.1. The number of amides is 1. The Kier molecular flexibility index (Phi) is 4.73. The molecular weight excluding hydrogens is 308 g/mol. The summed E-state index contributed by atoms with van der Waals surface area (Å²) < 4.78 is 0. The van der Waals surface area contributed by atoms with Gasteiger partial charge in [0.25, 0.3) is 0 Å². The van der Waals surface area contributed by atoms with Crippen LogP contribution in [0.4, 0.5) is 11.4 Å². The van der Waals surface area contributed by atoms with Crippen LogP contribution in [0.25, 0.3) is 0 Å². The van der Waals surface area contributed by atoms with Crippen molar-refractivity contribution in [1.29, 1.82) is 0 Å². The number of hydrogen-bond acceptors (Lipinski definition) is 2. The van der Waals surface area contributed by atoms with Gasteiger partial charge in [0.05, 0.1) is 0 Å². The number of hydrogen-bond donors (Lipinski definition) is 1. The molecule has 25 heavy (non-hydrogen) atoms. The Labute approximate surface area is 150 Å². The first-order valence-electron chi connectivity index (χ1n) is 9.48. The van der Waals surface area contributed by atoms with Gasteiger partial charge in [-0.25, -0.2) is 0 Å². The van der Waals surface area contributed by atoms with Crippen LogP contribution in [0.2, 0.25) is 0 Å². The quantitative estimate of drug-likeness (QED) is 0.873. The van der Waals surface area contributed by atoms with E-state index in [1.165, 1.54) is 30.5 Å². The second-order valence-corrected chi connectivity index (χ2v) is 7.43. The average Bonchev–Trinajstić information content (AvgIpc) is 3.49. The lowest BCUT2D eigenvalue weighted by Gasteiger charge is -2.33. The van der Waals surface area contributed by atoms with Crippen molar-refractivity contribution in [3.8, 4) is 0 Å². The van der Waals surface area contributed by atoms with Crippen LogP contribution in [-0.2, 0) is 11.2 Å². The summed E-state index contributed by atoms with van der Waals surface area (Å²) in [6.45, 7) is 2.23. The number of piperidine rings is 1. The molecule has 1 aliphatic heterocycles. The molecule has 0 bridgehead atoms. The van der Waals surface area contributed by atoms with Crippen LogP contribution in [0.1, 0.15) is 31.2 Å². The molecule has 2 aromatic carbocycles. The van der Waals surface area contributed by atoms with E-state index in [0.717, 1.165) is 37.5 Å². The summed E-state index contributed by atoms with van der Waals surface area (Å²) >= 11 is 0. The molecule has 3 heteroatoms. The molecule has 0 spiro atoms. The van der Waals surface area contributed by atoms with Crippen molar-refractivity contribution in [2.45, 2.75) is 32.1 Å². The lowest BCUT2D eigenvalue weighted by atomic mass is 9.90. The van der Waals surface area contributed by atoms with Crippen LogP contribution in [0.3, 0.4) is 0 Å². The molecule has 1 aliphatic carbocycles. The van der Waals surface area contributed by atoms with Crippen LogP contribution >= 0.6 is 0 Å². The van der Waals surface area contributed by atoms with Crippen molar-refractivity contribution in [3.05, 3.63) is 60.2 Å². The number of nitrogens with one attached hydrogen (secondary N) is 1. The second-order valence-electron chi connectivity index (χ2n) is 7.43. The number of rotatable bonds is 5. The lowest BCUT2D eigenvalue weighted by molar-refractivity contribution is -0.117. The summed E-state index contributed by atoms with van der Waals surface area (Å²) in [4.78, 5) is 14.3. The van der Waals surface area contributed by atoms with Crippen LogP contribution in [0.5, 0.6) is 0 Å². The maximum absolute atomic E-state index is 11.8. The number of nitrogens with zero attached hydrogens (tertiary/aromatic N) is 1. The third-order valence-electron chi connectivity index (χ3n) is 5.43. The van der Waals surface area contributed by atoms with Gasteiger partial charge in [-0.2, -0.15) is 0 Å². The summed E-state index contributed by atoms with van der Waals surface area (Å²) in [6, 6.07) is 19.2. The van der Waals surface area contributed by atoms with Gasteiger partial charge >= 0.3 is 0 Å². The maximum atomic E-state index is 11.8. The van der Waals surface area contributed by atoms with E-state index in [9.17, 15) is 4.79 Å². The molecule has 1 N–H and O–H groups in total. The van der Waals surface area contributed by atoms with Gasteiger partial charge in [0.2, 0.25) is 5.91 Å². The monoisotopic (exact) mass is 334 g/mol. The number of benzene rings is 2. The zero-order valence-corrected chi connectivity index (χ0v) is 14.7. The molecule has 0 radical (unpaired) electrons. The Bertz CT molecular complexity index is 699. The molecule has 0 atom stereocenters.